The van der Waals surface area contributed by atoms with Crippen LogP contribution in [0, 0.1) is 0 Å². The van der Waals surface area contributed by atoms with Crippen molar-refractivity contribution < 1.29 is 4.79 Å². The lowest BCUT2D eigenvalue weighted by Crippen LogP contribution is -2.20. The van der Waals surface area contributed by atoms with Gasteiger partial charge in [0.1, 0.15) is 0 Å². The number of hydrogen-bond acceptors (Lipinski definition) is 6. The average molecular weight is 449 g/mol. The molecule has 0 aliphatic heterocycles. The number of carbonyl (C=O) groups excluding carboxylic acids is 1. The lowest BCUT2D eigenvalue weighted by atomic mass is 10.2. The molecular formula is C22H17ClN6OS. The minimum atomic E-state index is -0.242. The molecule has 2 aromatic carbocycles. The molecule has 7 nitrogen and oxygen atoms in total. The summed E-state index contributed by atoms with van der Waals surface area (Å²) < 4.78 is 1.89. The third kappa shape index (κ3) is 5.36. The normalized spacial score (nSPS) is 11.0. The van der Waals surface area contributed by atoms with Gasteiger partial charge in [-0.05, 0) is 42.0 Å². The van der Waals surface area contributed by atoms with E-state index in [1.165, 1.54) is 11.8 Å². The van der Waals surface area contributed by atoms with Gasteiger partial charge in [0, 0.05) is 28.7 Å². The van der Waals surface area contributed by atoms with Gasteiger partial charge in [-0.25, -0.2) is 5.43 Å². The number of nitrogens with one attached hydrogen (secondary N) is 1. The number of hydrogen-bond donors (Lipinski definition) is 1. The fourth-order valence-corrected chi connectivity index (χ4v) is 3.62. The monoisotopic (exact) mass is 448 g/mol. The van der Waals surface area contributed by atoms with Crippen LogP contribution in [-0.2, 0) is 4.79 Å². The highest BCUT2D eigenvalue weighted by Gasteiger charge is 2.17. The van der Waals surface area contributed by atoms with E-state index in [0.717, 1.165) is 16.8 Å². The number of halogens is 1. The summed E-state index contributed by atoms with van der Waals surface area (Å²) in [4.78, 5) is 16.3. The van der Waals surface area contributed by atoms with Crippen LogP contribution in [0.3, 0.4) is 0 Å². The second-order valence-electron chi connectivity index (χ2n) is 6.35. The Hall–Kier alpha value is -3.49. The van der Waals surface area contributed by atoms with Crippen LogP contribution in [-0.4, -0.2) is 37.6 Å². The molecule has 4 rings (SSSR count). The molecular weight excluding hydrogens is 432 g/mol. The van der Waals surface area contributed by atoms with E-state index in [9.17, 15) is 4.79 Å². The van der Waals surface area contributed by atoms with Gasteiger partial charge >= 0.3 is 0 Å². The smallest absolute Gasteiger partial charge is 0.250 e. The Morgan fingerprint density at radius 1 is 1.03 bits per heavy atom. The van der Waals surface area contributed by atoms with Gasteiger partial charge in [0.15, 0.2) is 11.0 Å². The highest BCUT2D eigenvalue weighted by molar-refractivity contribution is 7.99. The van der Waals surface area contributed by atoms with Crippen LogP contribution in [0.15, 0.2) is 89.4 Å². The van der Waals surface area contributed by atoms with E-state index in [-0.39, 0.29) is 11.7 Å². The molecule has 0 aliphatic rings. The van der Waals surface area contributed by atoms with Gasteiger partial charge in [0.25, 0.3) is 5.91 Å². The Bertz CT molecular complexity index is 1180. The van der Waals surface area contributed by atoms with Crippen LogP contribution < -0.4 is 5.43 Å². The SMILES string of the molecule is O=C(CSc1nnc(-c2ccncc2)n1-c1ccc(Cl)cc1)NN=Cc1ccccc1. The van der Waals surface area contributed by atoms with Crippen LogP contribution in [0.25, 0.3) is 17.1 Å². The molecule has 1 amide bonds. The predicted molar refractivity (Wildman–Crippen MR) is 123 cm³/mol. The van der Waals surface area contributed by atoms with Crippen molar-refractivity contribution in [2.45, 2.75) is 5.16 Å². The van der Waals surface area contributed by atoms with Crippen molar-refractivity contribution in [3.05, 3.63) is 89.7 Å². The molecule has 154 valence electrons. The number of aromatic nitrogens is 4. The summed E-state index contributed by atoms with van der Waals surface area (Å²) >= 11 is 7.32. The van der Waals surface area contributed by atoms with E-state index in [4.69, 9.17) is 11.6 Å². The second kappa shape index (κ2) is 10.0. The zero-order valence-electron chi connectivity index (χ0n) is 16.2. The standard InChI is InChI=1S/C22H17ClN6OS/c23-18-6-8-19(9-7-18)29-21(17-10-12-24-13-11-17)27-28-22(29)31-15-20(30)26-25-14-16-4-2-1-3-5-16/h1-14H,15H2,(H,26,30). The lowest BCUT2D eigenvalue weighted by molar-refractivity contribution is -0.118. The van der Waals surface area contributed by atoms with Gasteiger partial charge in [-0.1, -0.05) is 53.7 Å². The maximum atomic E-state index is 12.2. The van der Waals surface area contributed by atoms with Gasteiger partial charge in [-0.3, -0.25) is 14.3 Å². The third-order valence-electron chi connectivity index (χ3n) is 4.19. The molecule has 0 bridgehead atoms. The number of hydrazone groups is 1. The van der Waals surface area contributed by atoms with Crippen molar-refractivity contribution in [2.24, 2.45) is 5.10 Å². The summed E-state index contributed by atoms with van der Waals surface area (Å²) in [6, 6.07) is 20.6. The third-order valence-corrected chi connectivity index (χ3v) is 5.37. The van der Waals surface area contributed by atoms with E-state index in [1.807, 2.05) is 59.2 Å². The predicted octanol–water partition coefficient (Wildman–Crippen LogP) is 4.23. The van der Waals surface area contributed by atoms with Crippen molar-refractivity contribution >= 4 is 35.5 Å². The molecule has 0 unspecified atom stereocenters. The first kappa shape index (κ1) is 20.8. The highest BCUT2D eigenvalue weighted by Crippen LogP contribution is 2.28. The molecule has 0 fully saturated rings. The van der Waals surface area contributed by atoms with Gasteiger partial charge in [0.2, 0.25) is 0 Å². The molecule has 2 aromatic heterocycles. The number of pyridine rings is 1. The van der Waals surface area contributed by atoms with E-state index < -0.39 is 0 Å². The van der Waals surface area contributed by atoms with E-state index in [1.54, 1.807) is 30.7 Å². The summed E-state index contributed by atoms with van der Waals surface area (Å²) in [6.07, 6.45) is 4.99. The summed E-state index contributed by atoms with van der Waals surface area (Å²) in [6.45, 7) is 0. The van der Waals surface area contributed by atoms with E-state index >= 15 is 0 Å². The van der Waals surface area contributed by atoms with Gasteiger partial charge in [-0.15, -0.1) is 10.2 Å². The van der Waals surface area contributed by atoms with Crippen molar-refractivity contribution in [1.29, 1.82) is 0 Å². The Labute approximate surface area is 188 Å². The Morgan fingerprint density at radius 2 is 1.77 bits per heavy atom. The zero-order chi connectivity index (χ0) is 21.5. The molecule has 2 heterocycles. The number of benzene rings is 2. The van der Waals surface area contributed by atoms with Crippen molar-refractivity contribution in [3.63, 3.8) is 0 Å². The summed E-state index contributed by atoms with van der Waals surface area (Å²) in [5.41, 5.74) is 5.14. The zero-order valence-corrected chi connectivity index (χ0v) is 17.8. The van der Waals surface area contributed by atoms with Crippen LogP contribution in [0.2, 0.25) is 5.02 Å². The lowest BCUT2D eigenvalue weighted by Gasteiger charge is -2.10. The molecule has 9 heteroatoms. The average Bonchev–Trinajstić information content (AvgIpc) is 3.23. The van der Waals surface area contributed by atoms with Crippen molar-refractivity contribution in [1.82, 2.24) is 25.2 Å². The quantitative estimate of drug-likeness (QED) is 0.260. The number of carbonyl (C=O) groups is 1. The minimum Gasteiger partial charge on any atom is -0.272 e. The molecule has 0 atom stereocenters. The molecule has 1 N–H and O–H groups in total. The molecule has 4 aromatic rings. The van der Waals surface area contributed by atoms with Crippen LogP contribution in [0.5, 0.6) is 0 Å². The molecule has 0 saturated carbocycles. The highest BCUT2D eigenvalue weighted by atomic mass is 35.5. The van der Waals surface area contributed by atoms with E-state index in [2.05, 4.69) is 25.7 Å². The molecule has 0 spiro atoms. The summed E-state index contributed by atoms with van der Waals surface area (Å²) in [7, 11) is 0. The Balaban J connectivity index is 1.51. The number of rotatable bonds is 7. The van der Waals surface area contributed by atoms with Crippen LogP contribution in [0.4, 0.5) is 0 Å². The first-order valence-electron chi connectivity index (χ1n) is 9.32. The Morgan fingerprint density at radius 3 is 2.52 bits per heavy atom. The molecule has 31 heavy (non-hydrogen) atoms. The van der Waals surface area contributed by atoms with Crippen LogP contribution in [0.1, 0.15) is 5.56 Å². The second-order valence-corrected chi connectivity index (χ2v) is 7.73. The van der Waals surface area contributed by atoms with Crippen molar-refractivity contribution in [3.8, 4) is 17.1 Å². The van der Waals surface area contributed by atoms with Gasteiger partial charge in [-0.2, -0.15) is 5.10 Å². The first-order valence-corrected chi connectivity index (χ1v) is 10.7. The van der Waals surface area contributed by atoms with Gasteiger partial charge < -0.3 is 0 Å². The van der Waals surface area contributed by atoms with Crippen molar-refractivity contribution in [2.75, 3.05) is 5.75 Å². The summed E-state index contributed by atoms with van der Waals surface area (Å²) in [5.74, 6) is 0.539. The van der Waals surface area contributed by atoms with Crippen LogP contribution >= 0.6 is 23.4 Å². The molecule has 0 saturated heterocycles. The topological polar surface area (TPSA) is 85.1 Å². The molecule has 0 radical (unpaired) electrons. The summed E-state index contributed by atoms with van der Waals surface area (Å²) in [5, 5.41) is 13.8. The largest absolute Gasteiger partial charge is 0.272 e. The maximum Gasteiger partial charge on any atom is 0.250 e. The minimum absolute atomic E-state index is 0.133. The fraction of sp³-hybridized carbons (Fsp3) is 0.0455. The maximum absolute atomic E-state index is 12.2. The fourth-order valence-electron chi connectivity index (χ4n) is 2.75. The number of amides is 1. The number of thioether (sulfide) groups is 1. The first-order chi connectivity index (χ1) is 15.2. The number of nitrogens with zero attached hydrogens (tertiary/aromatic N) is 5. The molecule has 0 aliphatic carbocycles. The Kier molecular flexibility index (Phi) is 6.71. The van der Waals surface area contributed by atoms with E-state index in [0.29, 0.717) is 16.0 Å². The van der Waals surface area contributed by atoms with Gasteiger partial charge in [0.05, 0.1) is 12.0 Å².